The molecule has 2 unspecified atom stereocenters. The Kier molecular flexibility index (Phi) is 2.95. The van der Waals surface area contributed by atoms with Crippen LogP contribution in [-0.2, 0) is 9.16 Å². The molecule has 0 amide bonds. The van der Waals surface area contributed by atoms with Gasteiger partial charge in [0.1, 0.15) is 0 Å². The largest absolute Gasteiger partial charge is 0.390 e. The van der Waals surface area contributed by atoms with E-state index >= 15 is 0 Å². The van der Waals surface area contributed by atoms with Gasteiger partial charge in [0.2, 0.25) is 0 Å². The lowest BCUT2D eigenvalue weighted by molar-refractivity contribution is -0.0904. The number of ether oxygens (including phenoxy) is 1. The molecule has 0 N–H and O–H groups in total. The molecule has 2 atom stereocenters. The van der Waals surface area contributed by atoms with Gasteiger partial charge in [-0.1, -0.05) is 30.3 Å². The van der Waals surface area contributed by atoms with Gasteiger partial charge in [0.15, 0.2) is 14.1 Å². The molecule has 0 radical (unpaired) electrons. The van der Waals surface area contributed by atoms with Gasteiger partial charge in [0.25, 0.3) is 0 Å². The number of methoxy groups -OCH3 is 1. The van der Waals surface area contributed by atoms with Gasteiger partial charge in [0, 0.05) is 19.4 Å². The van der Waals surface area contributed by atoms with E-state index in [0.717, 1.165) is 6.42 Å². The highest BCUT2D eigenvalue weighted by Crippen LogP contribution is 2.55. The molecule has 2 rings (SSSR count). The van der Waals surface area contributed by atoms with Crippen LogP contribution >= 0.6 is 0 Å². The van der Waals surface area contributed by atoms with E-state index in [9.17, 15) is 0 Å². The number of benzene rings is 1. The average Bonchev–Trinajstić information content (AvgIpc) is 2.92. The van der Waals surface area contributed by atoms with Crippen molar-refractivity contribution in [2.75, 3.05) is 7.11 Å². The van der Waals surface area contributed by atoms with E-state index in [1.807, 2.05) is 6.07 Å². The van der Waals surface area contributed by atoms with Crippen LogP contribution in [0.15, 0.2) is 30.3 Å². The maximum atomic E-state index is 6.17. The van der Waals surface area contributed by atoms with Gasteiger partial charge in [-0.2, -0.15) is 0 Å². The van der Waals surface area contributed by atoms with Gasteiger partial charge < -0.3 is 9.16 Å². The fourth-order valence-corrected chi connectivity index (χ4v) is 3.53. The lowest BCUT2D eigenvalue weighted by Crippen LogP contribution is -2.35. The van der Waals surface area contributed by atoms with Gasteiger partial charge in [-0.3, -0.25) is 0 Å². The first-order valence-corrected chi connectivity index (χ1v) is 9.18. The first-order valence-electron chi connectivity index (χ1n) is 5.77. The van der Waals surface area contributed by atoms with E-state index < -0.39 is 8.32 Å². The Morgan fingerprint density at radius 3 is 2.31 bits per heavy atom. The molecule has 1 aliphatic carbocycles. The second kappa shape index (κ2) is 3.98. The highest BCUT2D eigenvalue weighted by molar-refractivity contribution is 6.69. The standard InChI is InChI=1S/C13H20O2Si/c1-14-13(15-16(2,3)4)10-12(13)11-8-6-5-7-9-11/h5-9,12H,10H2,1-4H3. The topological polar surface area (TPSA) is 18.5 Å². The lowest BCUT2D eigenvalue weighted by Gasteiger charge is -2.26. The summed E-state index contributed by atoms with van der Waals surface area (Å²) in [4.78, 5) is 0. The van der Waals surface area contributed by atoms with Crippen LogP contribution in [0.5, 0.6) is 0 Å². The normalized spacial score (nSPS) is 29.1. The third-order valence-corrected chi connectivity index (χ3v) is 3.84. The SMILES string of the molecule is COC1(O[Si](C)(C)C)CC1c1ccccc1. The van der Waals surface area contributed by atoms with E-state index in [2.05, 4.69) is 43.9 Å². The molecule has 3 heteroatoms. The molecule has 0 bridgehead atoms. The minimum absolute atomic E-state index is 0.341. The summed E-state index contributed by atoms with van der Waals surface area (Å²) in [7, 11) is 0.202. The smallest absolute Gasteiger partial charge is 0.187 e. The zero-order valence-corrected chi connectivity index (χ0v) is 11.5. The predicted molar refractivity (Wildman–Crippen MR) is 68.0 cm³/mol. The predicted octanol–water partition coefficient (Wildman–Crippen LogP) is 3.37. The zero-order valence-electron chi connectivity index (χ0n) is 10.5. The lowest BCUT2D eigenvalue weighted by atomic mass is 10.1. The summed E-state index contributed by atoms with van der Waals surface area (Å²) in [6.45, 7) is 6.61. The fraction of sp³-hybridized carbons (Fsp3) is 0.538. The molecule has 1 aromatic rings. The molecule has 0 aromatic heterocycles. The van der Waals surface area contributed by atoms with Gasteiger partial charge in [0.05, 0.1) is 0 Å². The summed E-state index contributed by atoms with van der Waals surface area (Å²) in [5.74, 6) is 0.0664. The van der Waals surface area contributed by atoms with E-state index in [-0.39, 0.29) is 5.79 Å². The molecule has 16 heavy (non-hydrogen) atoms. The van der Waals surface area contributed by atoms with Crippen molar-refractivity contribution in [2.24, 2.45) is 0 Å². The summed E-state index contributed by atoms with van der Waals surface area (Å²) in [5, 5.41) is 0. The minimum Gasteiger partial charge on any atom is -0.390 e. The van der Waals surface area contributed by atoms with Crippen LogP contribution in [0.3, 0.4) is 0 Å². The third-order valence-electron chi connectivity index (χ3n) is 2.89. The summed E-state index contributed by atoms with van der Waals surface area (Å²) < 4.78 is 11.8. The molecule has 0 heterocycles. The fourth-order valence-electron chi connectivity index (χ4n) is 2.18. The van der Waals surface area contributed by atoms with E-state index in [1.54, 1.807) is 7.11 Å². The van der Waals surface area contributed by atoms with Crippen molar-refractivity contribution in [3.8, 4) is 0 Å². The first-order chi connectivity index (χ1) is 7.47. The van der Waals surface area contributed by atoms with E-state index in [4.69, 9.17) is 9.16 Å². The first kappa shape index (κ1) is 11.8. The molecule has 0 aliphatic heterocycles. The van der Waals surface area contributed by atoms with Crippen molar-refractivity contribution in [1.29, 1.82) is 0 Å². The van der Waals surface area contributed by atoms with Crippen molar-refractivity contribution in [3.63, 3.8) is 0 Å². The van der Waals surface area contributed by atoms with Gasteiger partial charge >= 0.3 is 0 Å². The summed E-state index contributed by atoms with van der Waals surface area (Å²) in [5.41, 5.74) is 1.32. The highest BCUT2D eigenvalue weighted by atomic mass is 28.4. The van der Waals surface area contributed by atoms with Crippen LogP contribution in [0, 0.1) is 0 Å². The van der Waals surface area contributed by atoms with E-state index in [1.165, 1.54) is 5.56 Å². The van der Waals surface area contributed by atoms with Crippen LogP contribution in [-0.4, -0.2) is 21.2 Å². The van der Waals surface area contributed by atoms with Crippen molar-refractivity contribution in [1.82, 2.24) is 0 Å². The molecular weight excluding hydrogens is 216 g/mol. The summed E-state index contributed by atoms with van der Waals surface area (Å²) in [6.07, 6.45) is 0.984. The van der Waals surface area contributed by atoms with Crippen molar-refractivity contribution >= 4 is 8.32 Å². The summed E-state index contributed by atoms with van der Waals surface area (Å²) >= 11 is 0. The second-order valence-electron chi connectivity index (χ2n) is 5.40. The minimum atomic E-state index is -1.55. The number of hydrogen-bond donors (Lipinski definition) is 0. The third kappa shape index (κ3) is 2.37. The molecule has 1 saturated carbocycles. The van der Waals surface area contributed by atoms with Crippen molar-refractivity contribution in [2.45, 2.75) is 37.8 Å². The Balaban J connectivity index is 2.12. The number of rotatable bonds is 4. The van der Waals surface area contributed by atoms with Crippen LogP contribution < -0.4 is 0 Å². The molecule has 2 nitrogen and oxygen atoms in total. The maximum absolute atomic E-state index is 6.17. The molecule has 1 aromatic carbocycles. The van der Waals surface area contributed by atoms with Gasteiger partial charge in [-0.05, 0) is 25.2 Å². The molecule has 88 valence electrons. The Labute approximate surface area is 98.7 Å². The van der Waals surface area contributed by atoms with Crippen molar-refractivity contribution in [3.05, 3.63) is 35.9 Å². The molecule has 1 aliphatic rings. The van der Waals surface area contributed by atoms with Crippen LogP contribution in [0.2, 0.25) is 19.6 Å². The zero-order chi connectivity index (χ0) is 11.8. The average molecular weight is 236 g/mol. The Bertz CT molecular complexity index is 358. The van der Waals surface area contributed by atoms with Crippen molar-refractivity contribution < 1.29 is 9.16 Å². The van der Waals surface area contributed by atoms with Crippen LogP contribution in [0.1, 0.15) is 17.9 Å². The number of hydrogen-bond acceptors (Lipinski definition) is 2. The highest BCUT2D eigenvalue weighted by Gasteiger charge is 2.58. The second-order valence-corrected chi connectivity index (χ2v) is 9.83. The van der Waals surface area contributed by atoms with Crippen LogP contribution in [0.25, 0.3) is 0 Å². The van der Waals surface area contributed by atoms with E-state index in [0.29, 0.717) is 5.92 Å². The van der Waals surface area contributed by atoms with Gasteiger partial charge in [-0.15, -0.1) is 0 Å². The molecular formula is C13H20O2Si. The monoisotopic (exact) mass is 236 g/mol. The quantitative estimate of drug-likeness (QED) is 0.589. The summed E-state index contributed by atoms with van der Waals surface area (Å²) in [6, 6.07) is 10.5. The molecule has 0 spiro atoms. The Morgan fingerprint density at radius 1 is 1.19 bits per heavy atom. The van der Waals surface area contributed by atoms with Gasteiger partial charge in [-0.25, -0.2) is 0 Å². The van der Waals surface area contributed by atoms with Crippen LogP contribution in [0.4, 0.5) is 0 Å². The molecule has 0 saturated heterocycles. The Hall–Kier alpha value is -0.643. The molecule has 1 fully saturated rings. The maximum Gasteiger partial charge on any atom is 0.187 e. The Morgan fingerprint density at radius 2 is 1.81 bits per heavy atom.